The number of carbonyl (C=O) groups excluding carboxylic acids is 6. The van der Waals surface area contributed by atoms with E-state index in [1.807, 2.05) is 19.9 Å². The van der Waals surface area contributed by atoms with E-state index in [2.05, 4.69) is 21.3 Å². The van der Waals surface area contributed by atoms with Crippen LogP contribution in [-0.4, -0.2) is 79.1 Å². The number of nitrogens with two attached hydrogens (primary N) is 1. The van der Waals surface area contributed by atoms with Crippen molar-refractivity contribution in [1.29, 1.82) is 0 Å². The zero-order valence-electron chi connectivity index (χ0n) is 25.8. The third-order valence-electron chi connectivity index (χ3n) is 7.42. The highest BCUT2D eigenvalue weighted by Gasteiger charge is 2.34. The van der Waals surface area contributed by atoms with Crippen LogP contribution in [0.15, 0.2) is 30.3 Å². The lowest BCUT2D eigenvalue weighted by molar-refractivity contribution is -0.150. The maximum atomic E-state index is 13.3. The number of esters is 1. The van der Waals surface area contributed by atoms with Gasteiger partial charge in [0, 0.05) is 6.42 Å². The lowest BCUT2D eigenvalue weighted by atomic mass is 9.83. The molecule has 13 nitrogen and oxygen atoms in total. The van der Waals surface area contributed by atoms with E-state index in [9.17, 15) is 33.9 Å². The molecular weight excluding hydrogens is 569 g/mol. The standard InChI is InChI=1S/C30H46BN5O8/c1-18(2)15-22(29(42)44-17-19-9-5-3-6-10-19)34-27(40)23(16-37)35-26(39)21(13-14-24(32)38)33-28(41)25(36-30(31)43)20-11-7-4-8-12-20/h3,5-6,9-10,18,20-23,25,37H,4,7-8,11-17,31H2,1-2H3,(H2,32,38)(H,33,41)(H,34,40)(H,35,39)(H,36,43)/t21-,22-,23-,25-/m0/s1. The molecule has 1 fully saturated rings. The van der Waals surface area contributed by atoms with Crippen LogP contribution in [0.3, 0.4) is 0 Å². The molecule has 0 unspecified atom stereocenters. The summed E-state index contributed by atoms with van der Waals surface area (Å²) in [4.78, 5) is 76.0. The van der Waals surface area contributed by atoms with Gasteiger partial charge in [0.1, 0.15) is 30.8 Å². The van der Waals surface area contributed by atoms with Crippen molar-refractivity contribution < 1.29 is 38.6 Å². The predicted octanol–water partition coefficient (Wildman–Crippen LogP) is -0.220. The highest BCUT2D eigenvalue weighted by molar-refractivity contribution is 6.57. The average Bonchev–Trinajstić information content (AvgIpc) is 2.99. The number of aliphatic hydroxyl groups is 1. The summed E-state index contributed by atoms with van der Waals surface area (Å²) in [7, 11) is 1.30. The molecule has 2 rings (SSSR count). The number of hydrogen-bond acceptors (Lipinski definition) is 8. The molecule has 1 aromatic carbocycles. The van der Waals surface area contributed by atoms with Crippen molar-refractivity contribution in [2.45, 2.75) is 96.0 Å². The number of nitrogens with one attached hydrogen (secondary N) is 4. The molecule has 0 spiro atoms. The molecule has 1 saturated carbocycles. The summed E-state index contributed by atoms with van der Waals surface area (Å²) in [6, 6.07) is 4.33. The molecule has 14 heteroatoms. The first-order valence-corrected chi connectivity index (χ1v) is 15.2. The average molecular weight is 616 g/mol. The zero-order valence-corrected chi connectivity index (χ0v) is 25.8. The van der Waals surface area contributed by atoms with Crippen molar-refractivity contribution in [2.24, 2.45) is 17.6 Å². The summed E-state index contributed by atoms with van der Waals surface area (Å²) >= 11 is 0. The topological polar surface area (TPSA) is 206 Å². The van der Waals surface area contributed by atoms with E-state index in [0.29, 0.717) is 0 Å². The Morgan fingerprint density at radius 2 is 1.48 bits per heavy atom. The van der Waals surface area contributed by atoms with E-state index < -0.39 is 66.2 Å². The first-order valence-electron chi connectivity index (χ1n) is 15.2. The number of hydrogen-bond donors (Lipinski definition) is 6. The quantitative estimate of drug-likeness (QED) is 0.102. The molecule has 0 heterocycles. The zero-order chi connectivity index (χ0) is 32.6. The van der Waals surface area contributed by atoms with Gasteiger partial charge in [-0.25, -0.2) is 4.79 Å². The predicted molar refractivity (Wildman–Crippen MR) is 164 cm³/mol. The van der Waals surface area contributed by atoms with Crippen molar-refractivity contribution >= 4 is 43.3 Å². The smallest absolute Gasteiger partial charge is 0.328 e. The molecule has 242 valence electrons. The van der Waals surface area contributed by atoms with Gasteiger partial charge in [-0.05, 0) is 43.1 Å². The summed E-state index contributed by atoms with van der Waals surface area (Å²) in [6.07, 6.45) is 4.13. The number of aliphatic hydroxyl groups excluding tert-OH is 1. The Morgan fingerprint density at radius 3 is 2.05 bits per heavy atom. The second-order valence-corrected chi connectivity index (χ2v) is 11.7. The lowest BCUT2D eigenvalue weighted by Gasteiger charge is -2.31. The maximum absolute atomic E-state index is 13.3. The Balaban J connectivity index is 2.12. The molecule has 1 aromatic rings. The Morgan fingerprint density at radius 1 is 0.886 bits per heavy atom. The molecule has 5 amide bonds. The Kier molecular flexibility index (Phi) is 15.4. The largest absolute Gasteiger partial charge is 0.459 e. The number of ether oxygens (including phenoxy) is 1. The molecular formula is C30H46BN5O8. The van der Waals surface area contributed by atoms with Crippen LogP contribution in [0.2, 0.25) is 0 Å². The molecule has 4 atom stereocenters. The summed E-state index contributed by atoms with van der Waals surface area (Å²) in [5, 5.41) is 20.2. The summed E-state index contributed by atoms with van der Waals surface area (Å²) in [5.74, 6) is -4.16. The van der Waals surface area contributed by atoms with E-state index in [4.69, 9.17) is 10.5 Å². The molecule has 0 aliphatic heterocycles. The van der Waals surface area contributed by atoms with Crippen LogP contribution >= 0.6 is 0 Å². The molecule has 1 aliphatic rings. The molecule has 1 aliphatic carbocycles. The minimum Gasteiger partial charge on any atom is -0.459 e. The molecule has 0 radical (unpaired) electrons. The number of primary amides is 1. The first-order chi connectivity index (χ1) is 20.9. The van der Waals surface area contributed by atoms with Gasteiger partial charge in [-0.2, -0.15) is 0 Å². The third kappa shape index (κ3) is 12.7. The minimum atomic E-state index is -1.48. The van der Waals surface area contributed by atoms with Gasteiger partial charge in [0.05, 0.1) is 6.61 Å². The molecule has 7 N–H and O–H groups in total. The Hall–Kier alpha value is -3.94. The fraction of sp³-hybridized carbons (Fsp3) is 0.600. The number of carbonyl (C=O) groups is 6. The Bertz CT molecular complexity index is 1130. The van der Waals surface area contributed by atoms with Gasteiger partial charge >= 0.3 is 5.97 Å². The van der Waals surface area contributed by atoms with Crippen molar-refractivity contribution in [3.8, 4) is 0 Å². The van der Waals surface area contributed by atoms with Crippen LogP contribution in [0.25, 0.3) is 0 Å². The van der Waals surface area contributed by atoms with Gasteiger partial charge in [-0.3, -0.25) is 24.0 Å². The van der Waals surface area contributed by atoms with Gasteiger partial charge in [0.25, 0.3) is 0 Å². The lowest BCUT2D eigenvalue weighted by Crippen LogP contribution is -2.59. The van der Waals surface area contributed by atoms with Gasteiger partial charge in [0.2, 0.25) is 31.5 Å². The van der Waals surface area contributed by atoms with Gasteiger partial charge in [-0.1, -0.05) is 63.4 Å². The number of amides is 5. The second kappa shape index (κ2) is 18.7. The van der Waals surface area contributed by atoms with Crippen molar-refractivity contribution in [3.63, 3.8) is 0 Å². The molecule has 44 heavy (non-hydrogen) atoms. The molecule has 0 bridgehead atoms. The van der Waals surface area contributed by atoms with Crippen molar-refractivity contribution in [1.82, 2.24) is 21.3 Å². The van der Waals surface area contributed by atoms with Crippen LogP contribution in [0.5, 0.6) is 0 Å². The third-order valence-corrected chi connectivity index (χ3v) is 7.42. The van der Waals surface area contributed by atoms with Gasteiger partial charge < -0.3 is 36.8 Å². The summed E-state index contributed by atoms with van der Waals surface area (Å²) in [5.41, 5.74) is 6.05. The maximum Gasteiger partial charge on any atom is 0.328 e. The van der Waals surface area contributed by atoms with E-state index in [1.165, 1.54) is 7.85 Å². The van der Waals surface area contributed by atoms with Gasteiger partial charge in [0.15, 0.2) is 5.81 Å². The highest BCUT2D eigenvalue weighted by atomic mass is 16.5. The van der Waals surface area contributed by atoms with Crippen LogP contribution in [0.1, 0.15) is 70.8 Å². The molecule has 0 saturated heterocycles. The first kappa shape index (κ1) is 36.3. The Labute approximate surface area is 259 Å². The normalized spacial score (nSPS) is 16.1. The van der Waals surface area contributed by atoms with Crippen LogP contribution in [-0.2, 0) is 35.3 Å². The highest BCUT2D eigenvalue weighted by Crippen LogP contribution is 2.27. The van der Waals surface area contributed by atoms with Crippen LogP contribution in [0, 0.1) is 11.8 Å². The number of rotatable bonds is 17. The van der Waals surface area contributed by atoms with E-state index in [1.54, 1.807) is 24.3 Å². The fourth-order valence-electron chi connectivity index (χ4n) is 5.15. The summed E-state index contributed by atoms with van der Waals surface area (Å²) < 4.78 is 5.40. The number of benzene rings is 1. The summed E-state index contributed by atoms with van der Waals surface area (Å²) in [6.45, 7) is 2.93. The fourth-order valence-corrected chi connectivity index (χ4v) is 5.15. The van der Waals surface area contributed by atoms with Crippen molar-refractivity contribution in [3.05, 3.63) is 35.9 Å². The SMILES string of the molecule is BC(=O)N[C@H](C(=O)N[C@@H](CCC(N)=O)C(=O)N[C@@H](CO)C(=O)N[C@@H](CC(C)C)C(=O)OCc1ccccc1)C1CCCCC1. The minimum absolute atomic E-state index is 0.000794. The second-order valence-electron chi connectivity index (χ2n) is 11.7. The van der Waals surface area contributed by atoms with Crippen LogP contribution in [0.4, 0.5) is 4.79 Å². The van der Waals surface area contributed by atoms with E-state index in [0.717, 1.165) is 37.7 Å². The van der Waals surface area contributed by atoms with Crippen LogP contribution < -0.4 is 27.0 Å². The van der Waals surface area contributed by atoms with E-state index in [-0.39, 0.29) is 37.7 Å². The monoisotopic (exact) mass is 615 g/mol. The van der Waals surface area contributed by atoms with Gasteiger partial charge in [-0.15, -0.1) is 0 Å². The molecule has 0 aromatic heterocycles. The van der Waals surface area contributed by atoms with Crippen molar-refractivity contribution in [2.75, 3.05) is 6.61 Å². The van der Waals surface area contributed by atoms with E-state index >= 15 is 0 Å².